The van der Waals surface area contributed by atoms with E-state index in [9.17, 15) is 18.8 Å². The number of hydrogen-bond donors (Lipinski definition) is 3. The molecule has 37 heavy (non-hydrogen) atoms. The highest BCUT2D eigenvalue weighted by Gasteiger charge is 2.38. The number of anilines is 2. The molecule has 0 saturated carbocycles. The van der Waals surface area contributed by atoms with Gasteiger partial charge < -0.3 is 21.5 Å². The first-order chi connectivity index (χ1) is 17.4. The van der Waals surface area contributed by atoms with Crippen LogP contribution in [-0.2, 0) is 4.79 Å². The predicted octanol–water partition coefficient (Wildman–Crippen LogP) is 3.97. The zero-order valence-corrected chi connectivity index (χ0v) is 22.1. The standard InChI is InChI=1S/C26H30FN5O4S/c1-6-26(3,4)30-24(34)21(15-8-10-16(27)11-9-15)32(17-13-14(2)7-12-18(17)36-5)25(35)22-19(28)20(23(29)33)31-37-22/h7-13,21H,6,28H2,1-5H3,(H2,29,33)(H,30,34)/t21-/m0/s1. The zero-order chi connectivity index (χ0) is 27.5. The van der Waals surface area contributed by atoms with Crippen LogP contribution >= 0.6 is 11.5 Å². The fourth-order valence-electron chi connectivity index (χ4n) is 3.65. The summed E-state index contributed by atoms with van der Waals surface area (Å²) in [4.78, 5) is 41.0. The van der Waals surface area contributed by atoms with E-state index in [1.165, 1.54) is 36.3 Å². The number of aromatic nitrogens is 1. The van der Waals surface area contributed by atoms with Crippen LogP contribution in [0.3, 0.4) is 0 Å². The Labute approximate surface area is 218 Å². The number of methoxy groups -OCH3 is 1. The molecule has 1 aromatic heterocycles. The van der Waals surface area contributed by atoms with Gasteiger partial charge in [-0.15, -0.1) is 0 Å². The van der Waals surface area contributed by atoms with Crippen LogP contribution in [0.5, 0.6) is 5.75 Å². The summed E-state index contributed by atoms with van der Waals surface area (Å²) in [5, 5.41) is 2.98. The van der Waals surface area contributed by atoms with Gasteiger partial charge in [0, 0.05) is 5.54 Å². The Bertz CT molecular complexity index is 1320. The second kappa shape index (κ2) is 11.0. The molecule has 0 unspecified atom stereocenters. The van der Waals surface area contributed by atoms with Crippen molar-refractivity contribution in [1.82, 2.24) is 9.69 Å². The number of nitrogens with zero attached hydrogens (tertiary/aromatic N) is 2. The highest BCUT2D eigenvalue weighted by molar-refractivity contribution is 7.09. The highest BCUT2D eigenvalue weighted by Crippen LogP contribution is 2.39. The fourth-order valence-corrected chi connectivity index (χ4v) is 4.39. The minimum Gasteiger partial charge on any atom is -0.495 e. The topological polar surface area (TPSA) is 141 Å². The van der Waals surface area contributed by atoms with Crippen LogP contribution in [0.4, 0.5) is 15.8 Å². The molecule has 1 heterocycles. The van der Waals surface area contributed by atoms with E-state index in [2.05, 4.69) is 9.69 Å². The van der Waals surface area contributed by atoms with E-state index in [0.29, 0.717) is 29.3 Å². The van der Waals surface area contributed by atoms with Gasteiger partial charge in [0.05, 0.1) is 18.5 Å². The maximum Gasteiger partial charge on any atom is 0.273 e. The molecule has 2 aromatic carbocycles. The van der Waals surface area contributed by atoms with Crippen LogP contribution in [0.25, 0.3) is 0 Å². The number of nitrogens with two attached hydrogens (primary N) is 2. The Hall–Kier alpha value is -3.99. The summed E-state index contributed by atoms with van der Waals surface area (Å²) in [7, 11) is 1.44. The van der Waals surface area contributed by atoms with E-state index in [1.54, 1.807) is 18.2 Å². The van der Waals surface area contributed by atoms with Gasteiger partial charge in [-0.05, 0) is 74.1 Å². The monoisotopic (exact) mass is 527 g/mol. The van der Waals surface area contributed by atoms with Crippen LogP contribution in [0, 0.1) is 12.7 Å². The normalized spacial score (nSPS) is 12.1. The molecule has 0 bridgehead atoms. The summed E-state index contributed by atoms with van der Waals surface area (Å²) in [6.45, 7) is 7.45. The van der Waals surface area contributed by atoms with Crippen molar-refractivity contribution >= 4 is 40.6 Å². The number of halogens is 1. The van der Waals surface area contributed by atoms with E-state index < -0.39 is 35.1 Å². The minimum absolute atomic E-state index is 0.0768. The van der Waals surface area contributed by atoms with Gasteiger partial charge in [0.1, 0.15) is 22.5 Å². The van der Waals surface area contributed by atoms with Crippen molar-refractivity contribution in [2.45, 2.75) is 45.7 Å². The minimum atomic E-state index is -1.26. The first-order valence-electron chi connectivity index (χ1n) is 11.5. The van der Waals surface area contributed by atoms with Gasteiger partial charge in [-0.2, -0.15) is 4.37 Å². The number of benzene rings is 2. The average molecular weight is 528 g/mol. The van der Waals surface area contributed by atoms with Crippen LogP contribution in [0.2, 0.25) is 0 Å². The molecule has 196 valence electrons. The maximum atomic E-state index is 14.2. The van der Waals surface area contributed by atoms with Gasteiger partial charge in [-0.25, -0.2) is 4.39 Å². The molecule has 3 rings (SSSR count). The van der Waals surface area contributed by atoms with Crippen molar-refractivity contribution in [3.05, 3.63) is 70.0 Å². The molecule has 3 amide bonds. The van der Waals surface area contributed by atoms with Crippen molar-refractivity contribution in [3.8, 4) is 5.75 Å². The number of nitrogen functional groups attached to an aromatic ring is 1. The SMILES string of the molecule is CCC(C)(C)NC(=O)[C@H](c1ccc(F)cc1)N(C(=O)c1snc(C(N)=O)c1N)c1cc(C)ccc1OC. The molecular weight excluding hydrogens is 497 g/mol. The van der Waals surface area contributed by atoms with Crippen LogP contribution in [-0.4, -0.2) is 34.7 Å². The summed E-state index contributed by atoms with van der Waals surface area (Å²) in [5.74, 6) is -2.28. The average Bonchev–Trinajstić information content (AvgIpc) is 3.24. The Morgan fingerprint density at radius 3 is 2.38 bits per heavy atom. The van der Waals surface area contributed by atoms with E-state index >= 15 is 0 Å². The smallest absolute Gasteiger partial charge is 0.273 e. The molecule has 0 fully saturated rings. The number of carbonyl (C=O) groups is 3. The summed E-state index contributed by atoms with van der Waals surface area (Å²) >= 11 is 0.698. The molecule has 9 nitrogen and oxygen atoms in total. The van der Waals surface area contributed by atoms with Crippen LogP contribution < -0.4 is 26.4 Å². The molecule has 3 aromatic rings. The van der Waals surface area contributed by atoms with Gasteiger partial charge in [0.2, 0.25) is 5.91 Å². The Morgan fingerprint density at radius 2 is 1.84 bits per heavy atom. The number of nitrogens with one attached hydrogen (secondary N) is 1. The van der Waals surface area contributed by atoms with Gasteiger partial charge in [0.15, 0.2) is 5.69 Å². The number of amides is 3. The molecule has 0 spiro atoms. The molecule has 1 atom stereocenters. The lowest BCUT2D eigenvalue weighted by atomic mass is 9.97. The lowest BCUT2D eigenvalue weighted by Gasteiger charge is -2.35. The van der Waals surface area contributed by atoms with Crippen molar-refractivity contribution in [2.75, 3.05) is 17.7 Å². The molecule has 0 aliphatic rings. The predicted molar refractivity (Wildman–Crippen MR) is 141 cm³/mol. The zero-order valence-electron chi connectivity index (χ0n) is 21.3. The van der Waals surface area contributed by atoms with E-state index in [-0.39, 0.29) is 21.9 Å². The number of rotatable bonds is 9. The van der Waals surface area contributed by atoms with Crippen molar-refractivity contribution in [1.29, 1.82) is 0 Å². The van der Waals surface area contributed by atoms with Crippen LogP contribution in [0.15, 0.2) is 42.5 Å². The first kappa shape index (κ1) is 27.6. The molecule has 0 aliphatic carbocycles. The van der Waals surface area contributed by atoms with E-state index in [4.69, 9.17) is 16.2 Å². The Kier molecular flexibility index (Phi) is 8.17. The van der Waals surface area contributed by atoms with Crippen LogP contribution in [0.1, 0.15) is 64.5 Å². The summed E-state index contributed by atoms with van der Waals surface area (Å²) in [5.41, 5.74) is 11.8. The number of primary amides is 1. The third kappa shape index (κ3) is 5.88. The third-order valence-electron chi connectivity index (χ3n) is 6.01. The summed E-state index contributed by atoms with van der Waals surface area (Å²) < 4.78 is 23.4. The number of carbonyl (C=O) groups excluding carboxylic acids is 3. The van der Waals surface area contributed by atoms with E-state index in [1.807, 2.05) is 27.7 Å². The number of ether oxygens (including phenoxy) is 1. The second-order valence-corrected chi connectivity index (χ2v) is 9.94. The summed E-state index contributed by atoms with van der Waals surface area (Å²) in [6.07, 6.45) is 0.611. The van der Waals surface area contributed by atoms with Crippen molar-refractivity contribution < 1.29 is 23.5 Å². The van der Waals surface area contributed by atoms with Crippen molar-refractivity contribution in [2.24, 2.45) is 5.73 Å². The molecule has 0 radical (unpaired) electrons. The highest BCUT2D eigenvalue weighted by atomic mass is 32.1. The van der Waals surface area contributed by atoms with Gasteiger partial charge >= 0.3 is 0 Å². The Morgan fingerprint density at radius 1 is 1.19 bits per heavy atom. The molecular formula is C26H30FN5O4S. The maximum absolute atomic E-state index is 14.2. The molecule has 0 saturated heterocycles. The van der Waals surface area contributed by atoms with Crippen molar-refractivity contribution in [3.63, 3.8) is 0 Å². The molecule has 5 N–H and O–H groups in total. The second-order valence-electron chi connectivity index (χ2n) is 9.17. The lowest BCUT2D eigenvalue weighted by molar-refractivity contribution is -0.124. The number of aryl methyl sites for hydroxylation is 1. The molecule has 0 aliphatic heterocycles. The van der Waals surface area contributed by atoms with Gasteiger partial charge in [-0.3, -0.25) is 19.3 Å². The quantitative estimate of drug-likeness (QED) is 0.385. The van der Waals surface area contributed by atoms with Gasteiger partial charge in [0.25, 0.3) is 11.8 Å². The summed E-state index contributed by atoms with van der Waals surface area (Å²) in [6, 6.07) is 9.20. The Balaban J connectivity index is 2.31. The third-order valence-corrected chi connectivity index (χ3v) is 6.86. The fraction of sp³-hybridized carbons (Fsp3) is 0.308. The van der Waals surface area contributed by atoms with E-state index in [0.717, 1.165) is 5.56 Å². The van der Waals surface area contributed by atoms with Gasteiger partial charge in [-0.1, -0.05) is 25.1 Å². The molecule has 11 heteroatoms. The largest absolute Gasteiger partial charge is 0.495 e. The first-order valence-corrected chi connectivity index (χ1v) is 12.3. The number of hydrogen-bond acceptors (Lipinski definition) is 7. The lowest BCUT2D eigenvalue weighted by Crippen LogP contribution is -2.50.